The molecule has 0 aliphatic heterocycles. The van der Waals surface area contributed by atoms with Crippen molar-refractivity contribution in [3.63, 3.8) is 0 Å². The lowest BCUT2D eigenvalue weighted by atomic mass is 10.0. The number of anilines is 3. The van der Waals surface area contributed by atoms with Gasteiger partial charge in [0.2, 0.25) is 5.95 Å². The van der Waals surface area contributed by atoms with Gasteiger partial charge >= 0.3 is 11.7 Å². The third-order valence-corrected chi connectivity index (χ3v) is 6.72. The third kappa shape index (κ3) is 6.89. The molecular weight excluding hydrogens is 532 g/mol. The molecule has 1 unspecified atom stereocenters. The molecule has 42 heavy (non-hydrogen) atoms. The largest absolute Gasteiger partial charge is 0.458 e. The summed E-state index contributed by atoms with van der Waals surface area (Å²) >= 11 is 0. The highest BCUT2D eigenvalue weighted by atomic mass is 16.6. The van der Waals surface area contributed by atoms with Crippen LogP contribution in [0.3, 0.4) is 0 Å². The molecule has 0 bridgehead atoms. The first-order valence-corrected chi connectivity index (χ1v) is 14.4. The van der Waals surface area contributed by atoms with E-state index in [0.717, 1.165) is 24.2 Å². The predicted molar refractivity (Wildman–Crippen MR) is 168 cm³/mol. The number of nitrogens with zero attached hydrogens (tertiary/aromatic N) is 6. The maximum absolute atomic E-state index is 13.5. The van der Waals surface area contributed by atoms with E-state index in [1.807, 2.05) is 71.0 Å². The Labute approximate surface area is 247 Å². The second-order valence-electron chi connectivity index (χ2n) is 11.5. The maximum Gasteiger partial charge on any atom is 0.334 e. The summed E-state index contributed by atoms with van der Waals surface area (Å²) < 4.78 is 8.98. The normalized spacial score (nSPS) is 12.4. The molecule has 0 saturated heterocycles. The third-order valence-electron chi connectivity index (χ3n) is 6.72. The van der Waals surface area contributed by atoms with Crippen molar-refractivity contribution in [2.45, 2.75) is 72.6 Å². The lowest BCUT2D eigenvalue weighted by Crippen LogP contribution is -2.38. The molecule has 11 nitrogen and oxygen atoms in total. The van der Waals surface area contributed by atoms with E-state index in [0.29, 0.717) is 35.2 Å². The summed E-state index contributed by atoms with van der Waals surface area (Å²) in [4.78, 5) is 42.3. The monoisotopic (exact) mass is 574 g/mol. The van der Waals surface area contributed by atoms with Crippen molar-refractivity contribution in [3.8, 4) is 5.69 Å². The van der Waals surface area contributed by atoms with Crippen LogP contribution in [0.4, 0.5) is 17.5 Å². The van der Waals surface area contributed by atoms with Gasteiger partial charge in [-0.1, -0.05) is 12.1 Å². The Kier molecular flexibility index (Phi) is 9.18. The van der Waals surface area contributed by atoms with Gasteiger partial charge in [-0.25, -0.2) is 24.1 Å². The molecule has 1 aromatic carbocycles. The SMILES string of the molecule is CCN(CC)c1ncc(NC(C)C)c(NC(Cc2ccc(-n3c(=O)n(C)c4cccnc43)cc2)C(=O)OC(C)(C)C)n1. The average Bonchev–Trinajstić information content (AvgIpc) is 3.19. The zero-order chi connectivity index (χ0) is 30.6. The number of pyridine rings is 1. The van der Waals surface area contributed by atoms with Gasteiger partial charge in [-0.05, 0) is 78.3 Å². The number of imidazole rings is 1. The van der Waals surface area contributed by atoms with Crippen molar-refractivity contribution in [2.24, 2.45) is 7.05 Å². The lowest BCUT2D eigenvalue weighted by Gasteiger charge is -2.27. The number of aromatic nitrogens is 5. The van der Waals surface area contributed by atoms with Crippen molar-refractivity contribution < 1.29 is 9.53 Å². The highest BCUT2D eigenvalue weighted by Gasteiger charge is 2.27. The molecule has 1 atom stereocenters. The van der Waals surface area contributed by atoms with Crippen molar-refractivity contribution >= 4 is 34.6 Å². The molecule has 11 heteroatoms. The van der Waals surface area contributed by atoms with Gasteiger partial charge in [0.1, 0.15) is 11.6 Å². The Morgan fingerprint density at radius 2 is 1.74 bits per heavy atom. The van der Waals surface area contributed by atoms with Crippen molar-refractivity contribution in [1.29, 1.82) is 0 Å². The summed E-state index contributed by atoms with van der Waals surface area (Å²) in [6, 6.07) is 10.6. The number of aryl methyl sites for hydroxylation is 1. The summed E-state index contributed by atoms with van der Waals surface area (Å²) in [5, 5.41) is 6.75. The van der Waals surface area contributed by atoms with Crippen LogP contribution in [0.25, 0.3) is 16.9 Å². The molecule has 4 rings (SSSR count). The van der Waals surface area contributed by atoms with Gasteiger partial charge < -0.3 is 20.3 Å². The minimum atomic E-state index is -0.732. The van der Waals surface area contributed by atoms with E-state index in [1.54, 1.807) is 28.6 Å². The summed E-state index contributed by atoms with van der Waals surface area (Å²) in [5.74, 6) is 0.722. The topological polar surface area (TPSA) is 119 Å². The highest BCUT2D eigenvalue weighted by molar-refractivity contribution is 5.82. The van der Waals surface area contributed by atoms with E-state index < -0.39 is 11.6 Å². The zero-order valence-corrected chi connectivity index (χ0v) is 25.8. The molecule has 4 aromatic rings. The zero-order valence-electron chi connectivity index (χ0n) is 25.8. The van der Waals surface area contributed by atoms with E-state index in [9.17, 15) is 9.59 Å². The van der Waals surface area contributed by atoms with E-state index in [1.165, 1.54) is 0 Å². The number of ether oxygens (including phenoxy) is 1. The van der Waals surface area contributed by atoms with Crippen LogP contribution in [0.2, 0.25) is 0 Å². The van der Waals surface area contributed by atoms with Gasteiger partial charge in [0.25, 0.3) is 0 Å². The maximum atomic E-state index is 13.5. The molecular formula is C31H42N8O3. The van der Waals surface area contributed by atoms with Crippen LogP contribution < -0.4 is 21.2 Å². The van der Waals surface area contributed by atoms with E-state index in [2.05, 4.69) is 39.3 Å². The fraction of sp³-hybridized carbons (Fsp3) is 0.452. The molecule has 2 N–H and O–H groups in total. The first-order chi connectivity index (χ1) is 19.9. The van der Waals surface area contributed by atoms with Gasteiger partial charge in [0.05, 0.1) is 23.1 Å². The van der Waals surface area contributed by atoms with Gasteiger partial charge in [0.15, 0.2) is 11.5 Å². The first-order valence-electron chi connectivity index (χ1n) is 14.4. The standard InChI is InChI=1S/C31H42N8O3/c1-9-38(10-2)29-33-19-24(34-20(3)4)26(36-29)35-23(28(40)42-31(5,6)7)18-21-13-15-22(16-14-21)39-27-25(12-11-17-32-27)37(8)30(39)41/h11-17,19-20,23,34H,9-10,18H2,1-8H3,(H,33,35,36). The van der Waals surface area contributed by atoms with E-state index in [-0.39, 0.29) is 17.7 Å². The number of benzene rings is 1. The quantitative estimate of drug-likeness (QED) is 0.249. The van der Waals surface area contributed by atoms with Crippen LogP contribution >= 0.6 is 0 Å². The Morgan fingerprint density at radius 1 is 1.05 bits per heavy atom. The molecule has 0 aliphatic carbocycles. The molecule has 0 fully saturated rings. The molecule has 224 valence electrons. The second kappa shape index (κ2) is 12.6. The Balaban J connectivity index is 1.68. The highest BCUT2D eigenvalue weighted by Crippen LogP contribution is 2.25. The van der Waals surface area contributed by atoms with Crippen molar-refractivity contribution in [1.82, 2.24) is 24.1 Å². The number of rotatable bonds is 11. The summed E-state index contributed by atoms with van der Waals surface area (Å²) in [6.45, 7) is 15.2. The molecule has 0 radical (unpaired) electrons. The van der Waals surface area contributed by atoms with Crippen molar-refractivity contribution in [2.75, 3.05) is 28.6 Å². The van der Waals surface area contributed by atoms with Crippen LogP contribution in [-0.4, -0.2) is 60.8 Å². The van der Waals surface area contributed by atoms with E-state index >= 15 is 0 Å². The summed E-state index contributed by atoms with van der Waals surface area (Å²) in [5.41, 5.74) is 2.78. The van der Waals surface area contributed by atoms with Gasteiger partial charge in [0, 0.05) is 38.8 Å². The van der Waals surface area contributed by atoms with Crippen molar-refractivity contribution in [3.05, 3.63) is 64.8 Å². The van der Waals surface area contributed by atoms with Crippen LogP contribution in [0.5, 0.6) is 0 Å². The second-order valence-corrected chi connectivity index (χ2v) is 11.5. The van der Waals surface area contributed by atoms with Crippen LogP contribution in [0.1, 0.15) is 54.0 Å². The fourth-order valence-electron chi connectivity index (χ4n) is 4.70. The molecule has 3 aromatic heterocycles. The van der Waals surface area contributed by atoms with Crippen LogP contribution in [0, 0.1) is 0 Å². The number of hydrogen-bond donors (Lipinski definition) is 2. The van der Waals surface area contributed by atoms with Gasteiger partial charge in [-0.2, -0.15) is 4.98 Å². The van der Waals surface area contributed by atoms with Gasteiger partial charge in [-0.3, -0.25) is 4.57 Å². The smallest absolute Gasteiger partial charge is 0.334 e. The number of nitrogens with one attached hydrogen (secondary N) is 2. The Bertz CT molecular complexity index is 1580. The minimum absolute atomic E-state index is 0.132. The first kappa shape index (κ1) is 30.5. The Morgan fingerprint density at radius 3 is 2.36 bits per heavy atom. The Hall–Kier alpha value is -4.41. The average molecular weight is 575 g/mol. The van der Waals surface area contributed by atoms with Crippen LogP contribution in [0.15, 0.2) is 53.6 Å². The summed E-state index contributed by atoms with van der Waals surface area (Å²) in [7, 11) is 1.73. The molecule has 0 amide bonds. The molecule has 0 aliphatic rings. The number of fused-ring (bicyclic) bond motifs is 1. The van der Waals surface area contributed by atoms with Gasteiger partial charge in [-0.15, -0.1) is 0 Å². The van der Waals surface area contributed by atoms with E-state index in [4.69, 9.17) is 9.72 Å². The number of carbonyl (C=O) groups is 1. The molecule has 0 spiro atoms. The lowest BCUT2D eigenvalue weighted by molar-refractivity contribution is -0.155. The number of esters is 1. The predicted octanol–water partition coefficient (Wildman–Crippen LogP) is 4.55. The van der Waals surface area contributed by atoms with Crippen LogP contribution in [-0.2, 0) is 23.0 Å². The molecule has 3 heterocycles. The number of hydrogen-bond acceptors (Lipinski definition) is 9. The molecule has 0 saturated carbocycles. The minimum Gasteiger partial charge on any atom is -0.458 e. The summed E-state index contributed by atoms with van der Waals surface area (Å²) in [6.07, 6.45) is 3.76. The number of carbonyl (C=O) groups excluding carboxylic acids is 1. The fourth-order valence-corrected chi connectivity index (χ4v) is 4.70.